The van der Waals surface area contributed by atoms with Crippen LogP contribution in [-0.4, -0.2) is 11.7 Å². The molecular weight excluding hydrogens is 305 g/mol. The first-order chi connectivity index (χ1) is 10.6. The van der Waals surface area contributed by atoms with Gasteiger partial charge in [-0.3, -0.25) is 9.59 Å². The highest BCUT2D eigenvalue weighted by molar-refractivity contribution is 6.31. The lowest BCUT2D eigenvalue weighted by molar-refractivity contribution is -0.116. The predicted molar refractivity (Wildman–Crippen MR) is 84.7 cm³/mol. The quantitative estimate of drug-likeness (QED) is 0.798. The summed E-state index contributed by atoms with van der Waals surface area (Å²) in [5, 5.41) is 2.58. The number of halogens is 2. The molecule has 0 fully saturated rings. The summed E-state index contributed by atoms with van der Waals surface area (Å²) in [6.45, 7) is 0. The lowest BCUT2D eigenvalue weighted by Crippen LogP contribution is -2.12. The molecule has 2 aromatic rings. The lowest BCUT2D eigenvalue weighted by atomic mass is 10.1. The van der Waals surface area contributed by atoms with Crippen molar-refractivity contribution in [3.05, 3.63) is 64.9 Å². The first-order valence-electron chi connectivity index (χ1n) is 6.89. The molecule has 2 rings (SSSR count). The van der Waals surface area contributed by atoms with E-state index in [2.05, 4.69) is 5.32 Å². The molecule has 0 saturated carbocycles. The standard InChI is InChI=1S/C17H15ClFNO2/c18-14-11-13(9-10-15(14)19)20-17(22)8-4-7-16(21)12-5-2-1-3-6-12/h1-3,5-6,9-11H,4,7-8H2,(H,20,22). The second-order valence-electron chi connectivity index (χ2n) is 4.82. The van der Waals surface area contributed by atoms with Crippen LogP contribution < -0.4 is 5.32 Å². The van der Waals surface area contributed by atoms with E-state index in [-0.39, 0.29) is 23.1 Å². The third-order valence-corrected chi connectivity index (χ3v) is 3.40. The Bertz CT molecular complexity index is 674. The van der Waals surface area contributed by atoms with E-state index in [1.807, 2.05) is 6.07 Å². The topological polar surface area (TPSA) is 46.2 Å². The van der Waals surface area contributed by atoms with Gasteiger partial charge in [-0.25, -0.2) is 4.39 Å². The number of benzene rings is 2. The predicted octanol–water partition coefficient (Wildman–Crippen LogP) is 4.47. The largest absolute Gasteiger partial charge is 0.326 e. The summed E-state index contributed by atoms with van der Waals surface area (Å²) in [6.07, 6.45) is 0.976. The molecule has 0 atom stereocenters. The molecule has 5 heteroatoms. The number of ketones is 1. The van der Waals surface area contributed by atoms with Crippen LogP contribution in [0.1, 0.15) is 29.6 Å². The number of hydrogen-bond acceptors (Lipinski definition) is 2. The maximum Gasteiger partial charge on any atom is 0.224 e. The molecule has 0 aliphatic rings. The fourth-order valence-corrected chi connectivity index (χ4v) is 2.16. The number of rotatable bonds is 6. The summed E-state index contributed by atoms with van der Waals surface area (Å²) < 4.78 is 13.0. The van der Waals surface area contributed by atoms with Crippen LogP contribution in [0.3, 0.4) is 0 Å². The van der Waals surface area contributed by atoms with Gasteiger partial charge >= 0.3 is 0 Å². The zero-order valence-electron chi connectivity index (χ0n) is 11.8. The maximum atomic E-state index is 13.0. The van der Waals surface area contributed by atoms with Gasteiger partial charge in [0, 0.05) is 24.1 Å². The van der Waals surface area contributed by atoms with Crippen LogP contribution in [0, 0.1) is 5.82 Å². The molecule has 0 saturated heterocycles. The van der Waals surface area contributed by atoms with Gasteiger partial charge in [-0.05, 0) is 24.6 Å². The molecule has 0 heterocycles. The molecule has 114 valence electrons. The van der Waals surface area contributed by atoms with Crippen molar-refractivity contribution in [2.24, 2.45) is 0 Å². The monoisotopic (exact) mass is 319 g/mol. The highest BCUT2D eigenvalue weighted by Gasteiger charge is 2.08. The van der Waals surface area contributed by atoms with Gasteiger partial charge < -0.3 is 5.32 Å². The molecule has 1 N–H and O–H groups in total. The minimum absolute atomic E-state index is 0.0122. The summed E-state index contributed by atoms with van der Waals surface area (Å²) in [7, 11) is 0. The van der Waals surface area contributed by atoms with Crippen molar-refractivity contribution in [2.45, 2.75) is 19.3 Å². The molecule has 1 amide bonds. The van der Waals surface area contributed by atoms with E-state index >= 15 is 0 Å². The molecule has 0 spiro atoms. The molecule has 0 aromatic heterocycles. The van der Waals surface area contributed by atoms with Gasteiger partial charge in [0.15, 0.2) is 5.78 Å². The van der Waals surface area contributed by atoms with Gasteiger partial charge in [0.2, 0.25) is 5.91 Å². The van der Waals surface area contributed by atoms with Crippen LogP contribution in [0.2, 0.25) is 5.02 Å². The van der Waals surface area contributed by atoms with Crippen LogP contribution in [0.25, 0.3) is 0 Å². The van der Waals surface area contributed by atoms with Crippen molar-refractivity contribution >= 4 is 29.0 Å². The molecule has 0 unspecified atom stereocenters. The van der Waals surface area contributed by atoms with E-state index in [1.54, 1.807) is 24.3 Å². The SMILES string of the molecule is O=C(CCCC(=O)c1ccccc1)Nc1ccc(F)c(Cl)c1. The van der Waals surface area contributed by atoms with E-state index in [0.29, 0.717) is 24.1 Å². The average Bonchev–Trinajstić information content (AvgIpc) is 2.51. The Kier molecular flexibility index (Phi) is 5.67. The van der Waals surface area contributed by atoms with Crippen molar-refractivity contribution in [1.82, 2.24) is 0 Å². The zero-order chi connectivity index (χ0) is 15.9. The van der Waals surface area contributed by atoms with Gasteiger partial charge in [-0.2, -0.15) is 0 Å². The second kappa shape index (κ2) is 7.71. The van der Waals surface area contributed by atoms with Gasteiger partial charge in [0.05, 0.1) is 5.02 Å². The van der Waals surface area contributed by atoms with Crippen LogP contribution in [0.5, 0.6) is 0 Å². The summed E-state index contributed by atoms with van der Waals surface area (Å²) in [5.41, 5.74) is 1.08. The van der Waals surface area contributed by atoms with Crippen LogP contribution in [0.4, 0.5) is 10.1 Å². The van der Waals surface area contributed by atoms with Crippen molar-refractivity contribution in [3.63, 3.8) is 0 Å². The van der Waals surface area contributed by atoms with E-state index in [1.165, 1.54) is 18.2 Å². The molecule has 22 heavy (non-hydrogen) atoms. The fraction of sp³-hybridized carbons (Fsp3) is 0.176. The van der Waals surface area contributed by atoms with Crippen molar-refractivity contribution in [1.29, 1.82) is 0 Å². The Balaban J connectivity index is 1.78. The van der Waals surface area contributed by atoms with Crippen molar-refractivity contribution in [3.8, 4) is 0 Å². The smallest absolute Gasteiger partial charge is 0.224 e. The van der Waals surface area contributed by atoms with E-state index < -0.39 is 5.82 Å². The molecule has 0 aliphatic carbocycles. The lowest BCUT2D eigenvalue weighted by Gasteiger charge is -2.06. The van der Waals surface area contributed by atoms with Crippen molar-refractivity contribution < 1.29 is 14.0 Å². The normalized spacial score (nSPS) is 10.3. The van der Waals surface area contributed by atoms with Gasteiger partial charge in [0.25, 0.3) is 0 Å². The number of nitrogens with one attached hydrogen (secondary N) is 1. The Hall–Kier alpha value is -2.20. The summed E-state index contributed by atoms with van der Waals surface area (Å²) in [5.74, 6) is -0.755. The molecule has 0 bridgehead atoms. The second-order valence-corrected chi connectivity index (χ2v) is 5.23. The zero-order valence-corrected chi connectivity index (χ0v) is 12.6. The molecule has 0 radical (unpaired) electrons. The third kappa shape index (κ3) is 4.67. The fourth-order valence-electron chi connectivity index (χ4n) is 1.98. The average molecular weight is 320 g/mol. The van der Waals surface area contributed by atoms with Gasteiger partial charge in [-0.15, -0.1) is 0 Å². The highest BCUT2D eigenvalue weighted by Crippen LogP contribution is 2.19. The molecule has 0 aliphatic heterocycles. The Labute approximate surface area is 133 Å². The van der Waals surface area contributed by atoms with Crippen LogP contribution in [0.15, 0.2) is 48.5 Å². The highest BCUT2D eigenvalue weighted by atomic mass is 35.5. The van der Waals surface area contributed by atoms with Gasteiger partial charge in [-0.1, -0.05) is 41.9 Å². The Morgan fingerprint density at radius 3 is 2.45 bits per heavy atom. The van der Waals surface area contributed by atoms with Crippen LogP contribution >= 0.6 is 11.6 Å². The Morgan fingerprint density at radius 1 is 1.05 bits per heavy atom. The Morgan fingerprint density at radius 2 is 1.77 bits per heavy atom. The van der Waals surface area contributed by atoms with Crippen molar-refractivity contribution in [2.75, 3.05) is 5.32 Å². The number of carbonyl (C=O) groups is 2. The summed E-state index contributed by atoms with van der Waals surface area (Å²) in [4.78, 5) is 23.6. The minimum Gasteiger partial charge on any atom is -0.326 e. The molecular formula is C17H15ClFNO2. The number of carbonyl (C=O) groups excluding carboxylic acids is 2. The summed E-state index contributed by atoms with van der Waals surface area (Å²) >= 11 is 5.64. The van der Waals surface area contributed by atoms with Gasteiger partial charge in [0.1, 0.15) is 5.82 Å². The molecule has 3 nitrogen and oxygen atoms in total. The first-order valence-corrected chi connectivity index (χ1v) is 7.27. The number of Topliss-reactive ketones (excluding diaryl/α,β-unsaturated/α-hetero) is 1. The van der Waals surface area contributed by atoms with E-state index in [0.717, 1.165) is 0 Å². The number of anilines is 1. The molecule has 2 aromatic carbocycles. The maximum absolute atomic E-state index is 13.0. The third-order valence-electron chi connectivity index (χ3n) is 3.11. The van der Waals surface area contributed by atoms with E-state index in [9.17, 15) is 14.0 Å². The number of amides is 1. The minimum atomic E-state index is -0.534. The first kappa shape index (κ1) is 16.2. The van der Waals surface area contributed by atoms with Crippen LogP contribution in [-0.2, 0) is 4.79 Å². The number of hydrogen-bond donors (Lipinski definition) is 1. The van der Waals surface area contributed by atoms with E-state index in [4.69, 9.17) is 11.6 Å². The summed E-state index contributed by atoms with van der Waals surface area (Å²) in [6, 6.07) is 12.9.